The fourth-order valence-corrected chi connectivity index (χ4v) is 2.19. The molecule has 0 aliphatic carbocycles. The molecule has 2 aromatic carbocycles. The van der Waals surface area contributed by atoms with Crippen molar-refractivity contribution in [1.82, 2.24) is 0 Å². The highest BCUT2D eigenvalue weighted by Gasteiger charge is 2.15. The molecule has 0 aromatic heterocycles. The van der Waals surface area contributed by atoms with Crippen LogP contribution < -0.4 is 5.32 Å². The van der Waals surface area contributed by atoms with Crippen LogP contribution in [0.5, 0.6) is 0 Å². The van der Waals surface area contributed by atoms with Gasteiger partial charge in [0.1, 0.15) is 5.82 Å². The lowest BCUT2D eigenvalue weighted by Crippen LogP contribution is -2.13. The molecule has 114 valence electrons. The molecule has 2 aromatic rings. The van der Waals surface area contributed by atoms with E-state index in [1.807, 2.05) is 0 Å². The minimum Gasteiger partial charge on any atom is -0.465 e. The largest absolute Gasteiger partial charge is 0.465 e. The van der Waals surface area contributed by atoms with Crippen molar-refractivity contribution in [3.05, 3.63) is 63.4 Å². The molecule has 0 heterocycles. The zero-order valence-electron chi connectivity index (χ0n) is 11.3. The molecule has 0 bridgehead atoms. The molecule has 0 radical (unpaired) electrons. The Balaban J connectivity index is 2.27. The van der Waals surface area contributed by atoms with Gasteiger partial charge in [-0.05, 0) is 36.4 Å². The van der Waals surface area contributed by atoms with Crippen LogP contribution in [0.3, 0.4) is 0 Å². The van der Waals surface area contributed by atoms with Gasteiger partial charge in [-0.3, -0.25) is 4.79 Å². The third-order valence-corrected chi connectivity index (χ3v) is 3.45. The Morgan fingerprint density at radius 1 is 1.05 bits per heavy atom. The summed E-state index contributed by atoms with van der Waals surface area (Å²) in [6.45, 7) is 0. The summed E-state index contributed by atoms with van der Waals surface area (Å²) in [5.41, 5.74) is 0.556. The molecule has 22 heavy (non-hydrogen) atoms. The molecule has 0 saturated heterocycles. The van der Waals surface area contributed by atoms with E-state index in [1.54, 1.807) is 0 Å². The minimum absolute atomic E-state index is 0.0142. The van der Waals surface area contributed by atoms with Gasteiger partial charge in [0.25, 0.3) is 5.91 Å². The summed E-state index contributed by atoms with van der Waals surface area (Å²) < 4.78 is 17.6. The fraction of sp³-hybridized carbons (Fsp3) is 0.0667. The van der Waals surface area contributed by atoms with Crippen LogP contribution in [0.1, 0.15) is 20.7 Å². The van der Waals surface area contributed by atoms with Crippen molar-refractivity contribution in [3.8, 4) is 0 Å². The van der Waals surface area contributed by atoms with Crippen molar-refractivity contribution in [2.75, 3.05) is 12.4 Å². The average molecular weight is 342 g/mol. The molecular formula is C15H10Cl2FNO3. The lowest BCUT2D eigenvalue weighted by Gasteiger charge is -2.09. The zero-order chi connectivity index (χ0) is 16.3. The van der Waals surface area contributed by atoms with E-state index < -0.39 is 17.7 Å². The second-order valence-corrected chi connectivity index (χ2v) is 5.08. The lowest BCUT2D eigenvalue weighted by molar-refractivity contribution is 0.0600. The van der Waals surface area contributed by atoms with Gasteiger partial charge in [-0.2, -0.15) is 0 Å². The monoisotopic (exact) mass is 341 g/mol. The van der Waals surface area contributed by atoms with Crippen molar-refractivity contribution < 1.29 is 18.7 Å². The molecule has 7 heteroatoms. The number of amides is 1. The average Bonchev–Trinajstić information content (AvgIpc) is 2.48. The first-order valence-electron chi connectivity index (χ1n) is 6.06. The number of halogens is 3. The zero-order valence-corrected chi connectivity index (χ0v) is 12.8. The van der Waals surface area contributed by atoms with E-state index in [0.717, 1.165) is 12.1 Å². The van der Waals surface area contributed by atoms with Gasteiger partial charge >= 0.3 is 5.97 Å². The number of hydrogen-bond donors (Lipinski definition) is 1. The molecule has 0 unspecified atom stereocenters. The first kappa shape index (κ1) is 16.3. The number of esters is 1. The number of nitrogens with one attached hydrogen (secondary N) is 1. The van der Waals surface area contributed by atoms with Crippen molar-refractivity contribution in [1.29, 1.82) is 0 Å². The Labute approximate surface area is 135 Å². The summed E-state index contributed by atoms with van der Waals surface area (Å²) in [6.07, 6.45) is 0. The Hall–Kier alpha value is -2.11. The van der Waals surface area contributed by atoms with E-state index in [1.165, 1.54) is 31.4 Å². The molecule has 4 nitrogen and oxygen atoms in total. The molecule has 1 amide bonds. The molecule has 0 aliphatic heterocycles. The number of benzene rings is 2. The number of hydrogen-bond acceptors (Lipinski definition) is 3. The second kappa shape index (κ2) is 6.77. The smallest absolute Gasteiger partial charge is 0.339 e. The predicted octanol–water partition coefficient (Wildman–Crippen LogP) is 4.17. The van der Waals surface area contributed by atoms with Gasteiger partial charge in [0.15, 0.2) is 0 Å². The van der Waals surface area contributed by atoms with Crippen molar-refractivity contribution >= 4 is 40.8 Å². The highest BCUT2D eigenvalue weighted by molar-refractivity contribution is 6.35. The van der Waals surface area contributed by atoms with Gasteiger partial charge in [0.05, 0.1) is 28.3 Å². The molecule has 0 aliphatic rings. The lowest BCUT2D eigenvalue weighted by atomic mass is 10.1. The van der Waals surface area contributed by atoms with E-state index >= 15 is 0 Å². The minimum atomic E-state index is -0.624. The first-order valence-corrected chi connectivity index (χ1v) is 6.82. The number of ether oxygens (including phenoxy) is 1. The summed E-state index contributed by atoms with van der Waals surface area (Å²) in [5, 5.41) is 2.74. The van der Waals surface area contributed by atoms with Gasteiger partial charge in [-0.15, -0.1) is 0 Å². The molecule has 1 N–H and O–H groups in total. The number of carbonyl (C=O) groups excluding carboxylic acids is 2. The molecule has 0 fully saturated rings. The van der Waals surface area contributed by atoms with E-state index in [4.69, 9.17) is 23.2 Å². The molecular weight excluding hydrogens is 332 g/mol. The summed E-state index contributed by atoms with van der Waals surface area (Å²) in [4.78, 5) is 23.7. The summed E-state index contributed by atoms with van der Waals surface area (Å²) in [7, 11) is 1.22. The summed E-state index contributed by atoms with van der Waals surface area (Å²) in [5.74, 6) is -1.70. The van der Waals surface area contributed by atoms with E-state index in [-0.39, 0.29) is 21.2 Å². The van der Waals surface area contributed by atoms with Crippen LogP contribution in [0.15, 0.2) is 36.4 Å². The Bertz CT molecular complexity index is 750. The number of rotatable bonds is 3. The highest BCUT2D eigenvalue weighted by atomic mass is 35.5. The maximum atomic E-state index is 13.0. The Morgan fingerprint density at radius 3 is 2.41 bits per heavy atom. The third-order valence-electron chi connectivity index (χ3n) is 2.81. The van der Waals surface area contributed by atoms with Crippen LogP contribution in [0, 0.1) is 5.82 Å². The highest BCUT2D eigenvalue weighted by Crippen LogP contribution is 2.23. The standard InChI is InChI=1S/C15H10Cl2FNO3/c1-22-15(21)11-7-9(3-5-12(11)16)19-14(20)10-4-2-8(18)6-13(10)17/h2-7H,1H3,(H,19,20). The van der Waals surface area contributed by atoms with Gasteiger partial charge in [-0.25, -0.2) is 9.18 Å². The molecule has 0 spiro atoms. The van der Waals surface area contributed by atoms with Gasteiger partial charge in [-0.1, -0.05) is 23.2 Å². The van der Waals surface area contributed by atoms with Crippen molar-refractivity contribution in [2.45, 2.75) is 0 Å². The van der Waals surface area contributed by atoms with Crippen LogP contribution in [0.2, 0.25) is 10.0 Å². The van der Waals surface area contributed by atoms with Gasteiger partial charge in [0.2, 0.25) is 0 Å². The molecule has 0 saturated carbocycles. The van der Waals surface area contributed by atoms with Crippen molar-refractivity contribution in [3.63, 3.8) is 0 Å². The van der Waals surface area contributed by atoms with E-state index in [2.05, 4.69) is 10.1 Å². The predicted molar refractivity (Wildman–Crippen MR) is 82.2 cm³/mol. The quantitative estimate of drug-likeness (QED) is 0.852. The van der Waals surface area contributed by atoms with Crippen LogP contribution in [0.25, 0.3) is 0 Å². The number of anilines is 1. The van der Waals surface area contributed by atoms with Crippen LogP contribution in [-0.2, 0) is 4.74 Å². The van der Waals surface area contributed by atoms with Gasteiger partial charge in [0, 0.05) is 5.69 Å². The molecule has 0 atom stereocenters. The number of carbonyl (C=O) groups is 2. The van der Waals surface area contributed by atoms with E-state index in [0.29, 0.717) is 5.69 Å². The van der Waals surface area contributed by atoms with Crippen molar-refractivity contribution in [2.24, 2.45) is 0 Å². The third kappa shape index (κ3) is 3.55. The Kier molecular flexibility index (Phi) is 5.00. The summed E-state index contributed by atoms with van der Waals surface area (Å²) >= 11 is 11.7. The van der Waals surface area contributed by atoms with Crippen LogP contribution >= 0.6 is 23.2 Å². The van der Waals surface area contributed by atoms with Gasteiger partial charge < -0.3 is 10.1 Å². The van der Waals surface area contributed by atoms with Crippen LogP contribution in [0.4, 0.5) is 10.1 Å². The van der Waals surface area contributed by atoms with E-state index in [9.17, 15) is 14.0 Å². The normalized spacial score (nSPS) is 10.2. The van der Waals surface area contributed by atoms with Crippen LogP contribution in [-0.4, -0.2) is 19.0 Å². The maximum Gasteiger partial charge on any atom is 0.339 e. The fourth-order valence-electron chi connectivity index (χ4n) is 1.74. The number of methoxy groups -OCH3 is 1. The molecule has 2 rings (SSSR count). The summed E-state index contributed by atoms with van der Waals surface area (Å²) in [6, 6.07) is 7.79. The first-order chi connectivity index (χ1) is 10.4. The maximum absolute atomic E-state index is 13.0. The Morgan fingerprint density at radius 2 is 1.77 bits per heavy atom. The topological polar surface area (TPSA) is 55.4 Å². The second-order valence-electron chi connectivity index (χ2n) is 4.26. The SMILES string of the molecule is COC(=O)c1cc(NC(=O)c2ccc(F)cc2Cl)ccc1Cl.